The molecule has 2 atom stereocenters. The smallest absolute Gasteiger partial charge is 0.214 e. The normalized spacial score (nSPS) is 18.1. The molecule has 0 amide bonds. The molecule has 0 bridgehead atoms. The minimum atomic E-state index is -0.485. The van der Waals surface area contributed by atoms with Gasteiger partial charge >= 0.3 is 0 Å². The summed E-state index contributed by atoms with van der Waals surface area (Å²) in [4.78, 5) is 0. The largest absolute Gasteiger partial charge is 0.493 e. The summed E-state index contributed by atoms with van der Waals surface area (Å²) in [6.45, 7) is 0. The second kappa shape index (κ2) is 9.29. The van der Waals surface area contributed by atoms with Gasteiger partial charge < -0.3 is 28.4 Å². The van der Waals surface area contributed by atoms with Crippen LogP contribution in [0.5, 0.6) is 34.5 Å². The van der Waals surface area contributed by atoms with Gasteiger partial charge in [-0.15, -0.1) is 0 Å². The molecule has 35 heavy (non-hydrogen) atoms. The topological polar surface area (TPSA) is 71.0 Å². The second-order valence-corrected chi connectivity index (χ2v) is 8.18. The van der Waals surface area contributed by atoms with Crippen LogP contribution in [0.25, 0.3) is 0 Å². The molecule has 2 aliphatic heterocycles. The highest BCUT2D eigenvalue weighted by Crippen LogP contribution is 2.51. The molecule has 0 radical (unpaired) electrons. The first-order chi connectivity index (χ1) is 17.1. The fourth-order valence-corrected chi connectivity index (χ4v) is 4.66. The zero-order valence-electron chi connectivity index (χ0n) is 20.4. The van der Waals surface area contributed by atoms with Gasteiger partial charge in [-0.05, 0) is 42.5 Å². The van der Waals surface area contributed by atoms with E-state index in [1.54, 1.807) is 35.5 Å². The maximum atomic E-state index is 6.55. The fraction of sp³-hybridized carbons (Fsp3) is 0.296. The van der Waals surface area contributed by atoms with Gasteiger partial charge in [0.05, 0.1) is 47.3 Å². The molecule has 0 saturated carbocycles. The molecule has 182 valence electrons. The zero-order chi connectivity index (χ0) is 24.5. The van der Waals surface area contributed by atoms with Crippen molar-refractivity contribution in [2.24, 2.45) is 5.10 Å². The highest BCUT2D eigenvalue weighted by atomic mass is 16.5. The Morgan fingerprint density at radius 3 is 2.09 bits per heavy atom. The number of methoxy groups -OCH3 is 5. The summed E-state index contributed by atoms with van der Waals surface area (Å²) in [5, 5.41) is 7.05. The third-order valence-electron chi connectivity index (χ3n) is 6.41. The van der Waals surface area contributed by atoms with Crippen LogP contribution in [0.4, 0.5) is 0 Å². The molecule has 0 aromatic heterocycles. The Bertz CT molecular complexity index is 1270. The van der Waals surface area contributed by atoms with Crippen molar-refractivity contribution in [3.05, 3.63) is 71.3 Å². The molecule has 8 nitrogen and oxygen atoms in total. The Morgan fingerprint density at radius 2 is 1.40 bits per heavy atom. The van der Waals surface area contributed by atoms with E-state index in [1.165, 1.54) is 0 Å². The van der Waals surface area contributed by atoms with Gasteiger partial charge in [0.15, 0.2) is 34.5 Å². The number of hydrogen-bond donors (Lipinski definition) is 0. The van der Waals surface area contributed by atoms with Gasteiger partial charge in [0.25, 0.3) is 0 Å². The molecule has 0 spiro atoms. The number of hydrazone groups is 1. The van der Waals surface area contributed by atoms with Crippen LogP contribution in [0.15, 0.2) is 59.7 Å². The van der Waals surface area contributed by atoms with Gasteiger partial charge in [0, 0.05) is 23.1 Å². The van der Waals surface area contributed by atoms with E-state index in [0.717, 1.165) is 28.2 Å². The van der Waals surface area contributed by atoms with Crippen LogP contribution in [-0.2, 0) is 0 Å². The highest BCUT2D eigenvalue weighted by molar-refractivity contribution is 6.02. The lowest BCUT2D eigenvalue weighted by Crippen LogP contribution is -2.33. The van der Waals surface area contributed by atoms with Crippen molar-refractivity contribution >= 4 is 5.71 Å². The van der Waals surface area contributed by atoms with Crippen LogP contribution in [0.3, 0.4) is 0 Å². The number of fused-ring (bicyclic) bond motifs is 3. The van der Waals surface area contributed by atoms with Crippen LogP contribution < -0.4 is 28.4 Å². The predicted octanol–water partition coefficient (Wildman–Crippen LogP) is 4.97. The maximum Gasteiger partial charge on any atom is 0.214 e. The third-order valence-corrected chi connectivity index (χ3v) is 6.41. The lowest BCUT2D eigenvalue weighted by molar-refractivity contribution is -0.0210. The van der Waals surface area contributed by atoms with Crippen molar-refractivity contribution in [1.82, 2.24) is 5.01 Å². The first kappa shape index (κ1) is 22.7. The molecular formula is C27H28N2O6. The van der Waals surface area contributed by atoms with Gasteiger partial charge in [-0.25, -0.2) is 5.01 Å². The van der Waals surface area contributed by atoms with Crippen molar-refractivity contribution in [2.75, 3.05) is 35.5 Å². The third kappa shape index (κ3) is 3.84. The number of nitrogens with zero attached hydrogens (tertiary/aromatic N) is 2. The van der Waals surface area contributed by atoms with Crippen LogP contribution >= 0.6 is 0 Å². The minimum absolute atomic E-state index is 0.0324. The van der Waals surface area contributed by atoms with E-state index in [9.17, 15) is 0 Å². The van der Waals surface area contributed by atoms with Gasteiger partial charge in [-0.1, -0.05) is 12.1 Å². The van der Waals surface area contributed by atoms with Crippen molar-refractivity contribution in [3.63, 3.8) is 0 Å². The summed E-state index contributed by atoms with van der Waals surface area (Å²) in [6.07, 6.45) is 0.212. The molecule has 5 rings (SSSR count). The molecule has 2 heterocycles. The molecule has 0 unspecified atom stereocenters. The minimum Gasteiger partial charge on any atom is -0.493 e. The molecule has 2 aliphatic rings. The molecule has 3 aromatic carbocycles. The number of para-hydroxylation sites is 1. The zero-order valence-corrected chi connectivity index (χ0v) is 20.4. The van der Waals surface area contributed by atoms with E-state index < -0.39 is 6.23 Å². The van der Waals surface area contributed by atoms with Crippen LogP contribution in [0.2, 0.25) is 0 Å². The summed E-state index contributed by atoms with van der Waals surface area (Å²) in [6, 6.07) is 17.5. The van der Waals surface area contributed by atoms with Gasteiger partial charge in [-0.2, -0.15) is 5.10 Å². The Kier molecular flexibility index (Phi) is 6.03. The highest BCUT2D eigenvalue weighted by Gasteiger charge is 2.42. The van der Waals surface area contributed by atoms with Crippen molar-refractivity contribution in [3.8, 4) is 34.5 Å². The lowest BCUT2D eigenvalue weighted by Gasteiger charge is -2.38. The predicted molar refractivity (Wildman–Crippen MR) is 131 cm³/mol. The van der Waals surface area contributed by atoms with Crippen molar-refractivity contribution < 1.29 is 28.4 Å². The summed E-state index contributed by atoms with van der Waals surface area (Å²) >= 11 is 0. The van der Waals surface area contributed by atoms with E-state index in [2.05, 4.69) is 6.07 Å². The molecule has 0 aliphatic carbocycles. The Morgan fingerprint density at radius 1 is 0.743 bits per heavy atom. The molecule has 3 aromatic rings. The first-order valence-corrected chi connectivity index (χ1v) is 11.3. The maximum absolute atomic E-state index is 6.55. The van der Waals surface area contributed by atoms with Crippen LogP contribution in [0, 0.1) is 0 Å². The van der Waals surface area contributed by atoms with Gasteiger partial charge in [0.2, 0.25) is 6.23 Å². The Balaban J connectivity index is 1.61. The number of hydrogen-bond acceptors (Lipinski definition) is 8. The van der Waals surface area contributed by atoms with Crippen molar-refractivity contribution in [2.45, 2.75) is 18.7 Å². The summed E-state index contributed by atoms with van der Waals surface area (Å²) in [5.41, 5.74) is 3.81. The molecule has 0 N–H and O–H groups in total. The van der Waals surface area contributed by atoms with Crippen LogP contribution in [0.1, 0.15) is 35.4 Å². The van der Waals surface area contributed by atoms with Gasteiger partial charge in [-0.3, -0.25) is 0 Å². The second-order valence-electron chi connectivity index (χ2n) is 8.18. The first-order valence-electron chi connectivity index (χ1n) is 11.3. The molecule has 0 fully saturated rings. The average molecular weight is 477 g/mol. The van der Waals surface area contributed by atoms with Crippen molar-refractivity contribution in [1.29, 1.82) is 0 Å². The summed E-state index contributed by atoms with van der Waals surface area (Å²) < 4.78 is 34.1. The van der Waals surface area contributed by atoms with E-state index in [1.807, 2.05) is 53.5 Å². The van der Waals surface area contributed by atoms with E-state index in [-0.39, 0.29) is 6.04 Å². The Hall–Kier alpha value is -4.07. The van der Waals surface area contributed by atoms with Gasteiger partial charge in [0.1, 0.15) is 0 Å². The van der Waals surface area contributed by atoms with E-state index >= 15 is 0 Å². The molecular weight excluding hydrogens is 448 g/mol. The standard InChI is InChI=1S/C27H28N2O6/c1-30-21-11-9-16(13-24(21)33-4)19-15-20-18-7-6-8-23(32-3)26(18)35-27(29(20)28-19)17-10-12-22(31-2)25(14-17)34-5/h6-14,20,27H,15H2,1-5H3/t20-,27-/m1/s1. The molecule has 0 saturated heterocycles. The number of rotatable bonds is 7. The summed E-state index contributed by atoms with van der Waals surface area (Å²) in [5.74, 6) is 4.02. The monoisotopic (exact) mass is 476 g/mol. The van der Waals surface area contributed by atoms with Crippen LogP contribution in [-0.4, -0.2) is 46.3 Å². The quantitative estimate of drug-likeness (QED) is 0.477. The average Bonchev–Trinajstić information content (AvgIpc) is 3.37. The lowest BCUT2D eigenvalue weighted by atomic mass is 9.95. The summed E-state index contributed by atoms with van der Waals surface area (Å²) in [7, 11) is 8.14. The number of benzene rings is 3. The SMILES string of the molecule is COc1ccc(C2=NN3[C@H](C2)c2cccc(OC)c2O[C@@H]3c2ccc(OC)c(OC)c2)cc1OC. The van der Waals surface area contributed by atoms with E-state index in [4.69, 9.17) is 33.5 Å². The molecule has 8 heteroatoms. The Labute approximate surface area is 204 Å². The number of ether oxygens (including phenoxy) is 6. The van der Waals surface area contributed by atoms with E-state index in [0.29, 0.717) is 35.2 Å². The fourth-order valence-electron chi connectivity index (χ4n) is 4.66.